The maximum atomic E-state index is 4.64. The first-order valence-electron chi connectivity index (χ1n) is 7.94. The molecule has 1 aromatic rings. The summed E-state index contributed by atoms with van der Waals surface area (Å²) in [5.41, 5.74) is 1.05. The Morgan fingerprint density at radius 1 is 1.20 bits per heavy atom. The van der Waals surface area contributed by atoms with Crippen LogP contribution in [-0.2, 0) is 6.54 Å². The van der Waals surface area contributed by atoms with Crippen molar-refractivity contribution in [3.8, 4) is 0 Å². The lowest BCUT2D eigenvalue weighted by atomic mass is 9.86. The van der Waals surface area contributed by atoms with Crippen LogP contribution >= 0.6 is 0 Å². The fourth-order valence-electron chi connectivity index (χ4n) is 3.14. The van der Waals surface area contributed by atoms with E-state index < -0.39 is 0 Å². The summed E-state index contributed by atoms with van der Waals surface area (Å²) in [5.74, 6) is 2.49. The van der Waals surface area contributed by atoms with Gasteiger partial charge in [-0.2, -0.15) is 0 Å². The molecule has 2 aliphatic rings. The van der Waals surface area contributed by atoms with Gasteiger partial charge in [0.2, 0.25) is 0 Å². The Hall–Kier alpha value is -1.16. The van der Waals surface area contributed by atoms with Crippen molar-refractivity contribution < 1.29 is 0 Å². The predicted molar refractivity (Wildman–Crippen MR) is 81.6 cm³/mol. The number of hydrogen-bond donors (Lipinski definition) is 1. The molecule has 1 aliphatic heterocycles. The zero-order chi connectivity index (χ0) is 14.1. The van der Waals surface area contributed by atoms with Gasteiger partial charge in [0.1, 0.15) is 5.82 Å². The molecule has 0 aromatic carbocycles. The predicted octanol–water partition coefficient (Wildman–Crippen LogP) is 2.60. The molecule has 20 heavy (non-hydrogen) atoms. The van der Waals surface area contributed by atoms with Crippen LogP contribution in [0.1, 0.15) is 45.7 Å². The minimum absolute atomic E-state index is 0.552. The molecule has 0 radical (unpaired) electrons. The van der Waals surface area contributed by atoms with E-state index in [1.165, 1.54) is 19.3 Å². The van der Waals surface area contributed by atoms with E-state index in [0.717, 1.165) is 42.5 Å². The Balaban J connectivity index is 1.66. The highest BCUT2D eigenvalue weighted by Gasteiger charge is 2.29. The van der Waals surface area contributed by atoms with Gasteiger partial charge in [-0.05, 0) is 38.0 Å². The normalized spacial score (nSPS) is 30.6. The zero-order valence-corrected chi connectivity index (χ0v) is 12.8. The summed E-state index contributed by atoms with van der Waals surface area (Å²) in [4.78, 5) is 11.6. The SMILES string of the molecule is CC1CC(C)C(C)N(c2cnc(CNC3CC3)cn2)C1. The first-order chi connectivity index (χ1) is 9.63. The fraction of sp³-hybridized carbons (Fsp3) is 0.750. The third-order valence-corrected chi connectivity index (χ3v) is 4.73. The van der Waals surface area contributed by atoms with E-state index in [4.69, 9.17) is 0 Å². The van der Waals surface area contributed by atoms with Crippen molar-refractivity contribution in [3.05, 3.63) is 18.1 Å². The van der Waals surface area contributed by atoms with E-state index in [2.05, 4.69) is 41.0 Å². The number of rotatable bonds is 4. The van der Waals surface area contributed by atoms with Gasteiger partial charge in [-0.1, -0.05) is 13.8 Å². The third kappa shape index (κ3) is 3.11. The molecule has 0 bridgehead atoms. The molecule has 1 saturated heterocycles. The summed E-state index contributed by atoms with van der Waals surface area (Å²) in [6, 6.07) is 1.27. The molecular weight excluding hydrogens is 248 g/mol. The van der Waals surface area contributed by atoms with Crippen LogP contribution in [0.5, 0.6) is 0 Å². The summed E-state index contributed by atoms with van der Waals surface area (Å²) < 4.78 is 0. The number of aromatic nitrogens is 2. The number of anilines is 1. The lowest BCUT2D eigenvalue weighted by Crippen LogP contribution is -2.46. The number of piperidine rings is 1. The van der Waals surface area contributed by atoms with E-state index in [1.807, 2.05) is 12.4 Å². The van der Waals surface area contributed by atoms with Crippen LogP contribution < -0.4 is 10.2 Å². The molecule has 3 rings (SSSR count). The Kier molecular flexibility index (Phi) is 3.92. The van der Waals surface area contributed by atoms with Gasteiger partial charge >= 0.3 is 0 Å². The number of nitrogens with zero attached hydrogens (tertiary/aromatic N) is 3. The molecule has 3 unspecified atom stereocenters. The van der Waals surface area contributed by atoms with Gasteiger partial charge in [-0.3, -0.25) is 4.98 Å². The summed E-state index contributed by atoms with van der Waals surface area (Å²) in [6.07, 6.45) is 7.82. The van der Waals surface area contributed by atoms with Crippen LogP contribution in [0.15, 0.2) is 12.4 Å². The smallest absolute Gasteiger partial charge is 0.147 e. The number of nitrogens with one attached hydrogen (secondary N) is 1. The summed E-state index contributed by atoms with van der Waals surface area (Å²) in [5, 5.41) is 3.48. The molecule has 2 fully saturated rings. The van der Waals surface area contributed by atoms with Crippen molar-refractivity contribution >= 4 is 5.82 Å². The van der Waals surface area contributed by atoms with Crippen LogP contribution in [0, 0.1) is 11.8 Å². The van der Waals surface area contributed by atoms with Crippen molar-refractivity contribution in [3.63, 3.8) is 0 Å². The minimum Gasteiger partial charge on any atom is -0.352 e. The van der Waals surface area contributed by atoms with E-state index in [-0.39, 0.29) is 0 Å². The van der Waals surface area contributed by atoms with Crippen molar-refractivity contribution in [2.75, 3.05) is 11.4 Å². The molecule has 1 saturated carbocycles. The monoisotopic (exact) mass is 274 g/mol. The maximum Gasteiger partial charge on any atom is 0.147 e. The Bertz CT molecular complexity index is 440. The van der Waals surface area contributed by atoms with E-state index in [0.29, 0.717) is 6.04 Å². The maximum absolute atomic E-state index is 4.64. The Morgan fingerprint density at radius 2 is 2.00 bits per heavy atom. The minimum atomic E-state index is 0.552. The second kappa shape index (κ2) is 5.68. The van der Waals surface area contributed by atoms with Gasteiger partial charge in [-0.25, -0.2) is 4.98 Å². The average Bonchev–Trinajstić information content (AvgIpc) is 3.25. The second-order valence-electron chi connectivity index (χ2n) is 6.73. The molecule has 0 spiro atoms. The molecule has 2 heterocycles. The van der Waals surface area contributed by atoms with Crippen LogP contribution in [0.25, 0.3) is 0 Å². The van der Waals surface area contributed by atoms with Crippen LogP contribution in [0.3, 0.4) is 0 Å². The van der Waals surface area contributed by atoms with Crippen molar-refractivity contribution in [2.24, 2.45) is 11.8 Å². The van der Waals surface area contributed by atoms with E-state index in [1.54, 1.807) is 0 Å². The highest BCUT2D eigenvalue weighted by Crippen LogP contribution is 2.29. The highest BCUT2D eigenvalue weighted by molar-refractivity contribution is 5.38. The largest absolute Gasteiger partial charge is 0.352 e. The fourth-order valence-corrected chi connectivity index (χ4v) is 3.14. The Morgan fingerprint density at radius 3 is 2.65 bits per heavy atom. The van der Waals surface area contributed by atoms with Gasteiger partial charge in [0.15, 0.2) is 0 Å². The molecule has 0 amide bonds. The molecule has 110 valence electrons. The quantitative estimate of drug-likeness (QED) is 0.916. The van der Waals surface area contributed by atoms with Crippen LogP contribution in [0.4, 0.5) is 5.82 Å². The van der Waals surface area contributed by atoms with Gasteiger partial charge in [0, 0.05) is 25.2 Å². The lowest BCUT2D eigenvalue weighted by Gasteiger charge is -2.41. The molecule has 1 aliphatic carbocycles. The summed E-state index contributed by atoms with van der Waals surface area (Å²) in [6.45, 7) is 8.92. The van der Waals surface area contributed by atoms with Crippen LogP contribution in [-0.4, -0.2) is 28.6 Å². The van der Waals surface area contributed by atoms with Gasteiger partial charge in [0.25, 0.3) is 0 Å². The first-order valence-corrected chi connectivity index (χ1v) is 7.94. The molecule has 4 heteroatoms. The molecule has 4 nitrogen and oxygen atoms in total. The average molecular weight is 274 g/mol. The third-order valence-electron chi connectivity index (χ3n) is 4.73. The summed E-state index contributed by atoms with van der Waals surface area (Å²) >= 11 is 0. The molecular formula is C16H26N4. The van der Waals surface area contributed by atoms with Crippen molar-refractivity contribution in [1.29, 1.82) is 0 Å². The van der Waals surface area contributed by atoms with E-state index >= 15 is 0 Å². The molecule has 3 atom stereocenters. The topological polar surface area (TPSA) is 41.1 Å². The second-order valence-corrected chi connectivity index (χ2v) is 6.73. The lowest BCUT2D eigenvalue weighted by molar-refractivity contribution is 0.295. The molecule has 1 N–H and O–H groups in total. The van der Waals surface area contributed by atoms with Gasteiger partial charge < -0.3 is 10.2 Å². The van der Waals surface area contributed by atoms with Crippen molar-refractivity contribution in [1.82, 2.24) is 15.3 Å². The molecule has 1 aromatic heterocycles. The van der Waals surface area contributed by atoms with Crippen LogP contribution in [0.2, 0.25) is 0 Å². The Labute approximate surface area is 122 Å². The zero-order valence-electron chi connectivity index (χ0n) is 12.8. The van der Waals surface area contributed by atoms with Gasteiger partial charge in [0.05, 0.1) is 18.1 Å². The van der Waals surface area contributed by atoms with Crippen molar-refractivity contribution in [2.45, 2.75) is 58.7 Å². The number of hydrogen-bond acceptors (Lipinski definition) is 4. The standard InChI is InChI=1S/C16H26N4/c1-11-6-12(2)13(3)20(10-11)16-9-18-15(8-19-16)7-17-14-4-5-14/h8-9,11-14,17H,4-7,10H2,1-3H3. The van der Waals surface area contributed by atoms with E-state index in [9.17, 15) is 0 Å². The summed E-state index contributed by atoms with van der Waals surface area (Å²) in [7, 11) is 0. The first kappa shape index (κ1) is 13.8. The van der Waals surface area contributed by atoms with Gasteiger partial charge in [-0.15, -0.1) is 0 Å². The highest BCUT2D eigenvalue weighted by atomic mass is 15.2.